The second kappa shape index (κ2) is 9.75. The maximum absolute atomic E-state index is 12.6. The summed E-state index contributed by atoms with van der Waals surface area (Å²) in [6, 6.07) is 4.46. The Bertz CT molecular complexity index is 749. The third-order valence-electron chi connectivity index (χ3n) is 3.83. The second-order valence-corrected chi connectivity index (χ2v) is 7.99. The summed E-state index contributed by atoms with van der Waals surface area (Å²) in [5, 5.41) is 8.72. The number of anilines is 2. The number of hydrogen-bond donors (Lipinski definition) is 4. The molecule has 0 saturated carbocycles. The van der Waals surface area contributed by atoms with Crippen molar-refractivity contribution in [3.05, 3.63) is 23.8 Å². The van der Waals surface area contributed by atoms with Crippen molar-refractivity contribution in [3.63, 3.8) is 0 Å². The van der Waals surface area contributed by atoms with Crippen molar-refractivity contribution in [2.24, 2.45) is 5.92 Å². The molecule has 1 fully saturated rings. The summed E-state index contributed by atoms with van der Waals surface area (Å²) in [7, 11) is -3.53. The van der Waals surface area contributed by atoms with E-state index in [0.29, 0.717) is 18.2 Å². The van der Waals surface area contributed by atoms with Crippen molar-refractivity contribution in [2.45, 2.75) is 19.8 Å². The van der Waals surface area contributed by atoms with Crippen LogP contribution in [-0.4, -0.2) is 46.1 Å². The van der Waals surface area contributed by atoms with Crippen LogP contribution in [0.1, 0.15) is 30.1 Å². The van der Waals surface area contributed by atoms with Crippen molar-refractivity contribution >= 4 is 45.6 Å². The van der Waals surface area contributed by atoms with E-state index in [1.165, 1.54) is 25.1 Å². The summed E-state index contributed by atoms with van der Waals surface area (Å²) < 4.78 is 25.4. The van der Waals surface area contributed by atoms with Gasteiger partial charge in [0.2, 0.25) is 15.9 Å². The molecule has 1 aromatic carbocycles. The molecule has 1 heterocycles. The highest BCUT2D eigenvalue weighted by molar-refractivity contribution is 7.92. The molecule has 26 heavy (non-hydrogen) atoms. The molecule has 1 unspecified atom stereocenters. The molecule has 146 valence electrons. The summed E-state index contributed by atoms with van der Waals surface area (Å²) in [5.41, 5.74) is 0.771. The van der Waals surface area contributed by atoms with E-state index in [1.807, 2.05) is 0 Å². The Morgan fingerprint density at radius 2 is 2.04 bits per heavy atom. The van der Waals surface area contributed by atoms with Gasteiger partial charge >= 0.3 is 0 Å². The predicted molar refractivity (Wildman–Crippen MR) is 104 cm³/mol. The molecule has 2 rings (SSSR count). The largest absolute Gasteiger partial charge is 0.352 e. The number of piperidine rings is 1. The second-order valence-electron chi connectivity index (χ2n) is 6.24. The van der Waals surface area contributed by atoms with E-state index in [4.69, 9.17) is 0 Å². The Kier molecular flexibility index (Phi) is 8.32. The van der Waals surface area contributed by atoms with E-state index in [1.54, 1.807) is 0 Å². The summed E-state index contributed by atoms with van der Waals surface area (Å²) in [4.78, 5) is 23.8. The summed E-state index contributed by atoms with van der Waals surface area (Å²) >= 11 is 0. The van der Waals surface area contributed by atoms with Crippen LogP contribution in [-0.2, 0) is 14.8 Å². The van der Waals surface area contributed by atoms with Crippen LogP contribution < -0.4 is 20.7 Å². The highest BCUT2D eigenvalue weighted by Crippen LogP contribution is 2.22. The van der Waals surface area contributed by atoms with E-state index in [-0.39, 0.29) is 35.5 Å². The number of benzene rings is 1. The lowest BCUT2D eigenvalue weighted by atomic mass is 9.99. The maximum Gasteiger partial charge on any atom is 0.253 e. The maximum atomic E-state index is 12.6. The van der Waals surface area contributed by atoms with Gasteiger partial charge in [0.1, 0.15) is 0 Å². The molecule has 8 nitrogen and oxygen atoms in total. The molecule has 2 amide bonds. The zero-order valence-corrected chi connectivity index (χ0v) is 16.4. The van der Waals surface area contributed by atoms with Gasteiger partial charge in [0.25, 0.3) is 5.91 Å². The molecular formula is C16H25ClN4O4S. The van der Waals surface area contributed by atoms with E-state index < -0.39 is 10.0 Å². The lowest BCUT2D eigenvalue weighted by Crippen LogP contribution is -2.38. The number of sulfonamides is 1. The average molecular weight is 405 g/mol. The summed E-state index contributed by atoms with van der Waals surface area (Å²) in [5.74, 6) is -0.310. The molecule has 0 bridgehead atoms. The molecule has 1 aliphatic heterocycles. The van der Waals surface area contributed by atoms with Gasteiger partial charge in [-0.15, -0.1) is 12.4 Å². The van der Waals surface area contributed by atoms with Crippen molar-refractivity contribution in [2.75, 3.05) is 35.9 Å². The number of halogens is 1. The minimum Gasteiger partial charge on any atom is -0.352 e. The third-order valence-corrected chi connectivity index (χ3v) is 4.42. The van der Waals surface area contributed by atoms with Crippen LogP contribution in [0.15, 0.2) is 18.2 Å². The number of rotatable bonds is 6. The normalized spacial score (nSPS) is 16.9. The lowest BCUT2D eigenvalue weighted by molar-refractivity contribution is -0.114. The zero-order chi connectivity index (χ0) is 18.4. The standard InChI is InChI=1S/C16H24N4O4S.ClH/c1-11(21)19-13-5-6-15(20-25(2,23)24)14(8-13)16(22)18-10-12-4-3-7-17-9-12;/h5-6,8,12,17,20H,3-4,7,9-10H2,1-2H3,(H,18,22)(H,19,21);1H. The van der Waals surface area contributed by atoms with Crippen molar-refractivity contribution < 1.29 is 18.0 Å². The van der Waals surface area contributed by atoms with Gasteiger partial charge in [0.05, 0.1) is 17.5 Å². The van der Waals surface area contributed by atoms with Gasteiger partial charge in [-0.25, -0.2) is 8.42 Å². The lowest BCUT2D eigenvalue weighted by Gasteiger charge is -2.23. The first-order valence-electron chi connectivity index (χ1n) is 8.13. The fourth-order valence-corrected chi connectivity index (χ4v) is 3.31. The molecule has 10 heteroatoms. The van der Waals surface area contributed by atoms with Crippen LogP contribution in [0.5, 0.6) is 0 Å². The van der Waals surface area contributed by atoms with E-state index in [0.717, 1.165) is 32.2 Å². The minimum absolute atomic E-state index is 0. The summed E-state index contributed by atoms with van der Waals surface area (Å²) in [6.07, 6.45) is 3.12. The number of hydrogen-bond acceptors (Lipinski definition) is 5. The SMILES string of the molecule is CC(=O)Nc1ccc(NS(C)(=O)=O)c(C(=O)NCC2CCCNC2)c1.Cl. The van der Waals surface area contributed by atoms with Gasteiger partial charge in [-0.05, 0) is 50.0 Å². The van der Waals surface area contributed by atoms with Gasteiger partial charge in [0.15, 0.2) is 0 Å². The number of amides is 2. The molecule has 0 radical (unpaired) electrons. The quantitative estimate of drug-likeness (QED) is 0.567. The Morgan fingerprint density at radius 1 is 1.31 bits per heavy atom. The van der Waals surface area contributed by atoms with Crippen LogP contribution in [0.25, 0.3) is 0 Å². The van der Waals surface area contributed by atoms with Crippen molar-refractivity contribution in [3.8, 4) is 0 Å². The monoisotopic (exact) mass is 404 g/mol. The van der Waals surface area contributed by atoms with Gasteiger partial charge in [-0.3, -0.25) is 14.3 Å². The fourth-order valence-electron chi connectivity index (χ4n) is 2.73. The van der Waals surface area contributed by atoms with Crippen molar-refractivity contribution in [1.82, 2.24) is 10.6 Å². The fraction of sp³-hybridized carbons (Fsp3) is 0.500. The molecule has 1 atom stereocenters. The molecule has 1 aliphatic rings. The zero-order valence-electron chi connectivity index (χ0n) is 14.8. The van der Waals surface area contributed by atoms with Gasteiger partial charge < -0.3 is 16.0 Å². The van der Waals surface area contributed by atoms with Gasteiger partial charge in [0, 0.05) is 19.2 Å². The van der Waals surface area contributed by atoms with Crippen molar-refractivity contribution in [1.29, 1.82) is 0 Å². The predicted octanol–water partition coefficient (Wildman–Crippen LogP) is 1.17. The molecule has 1 saturated heterocycles. The molecule has 4 N–H and O–H groups in total. The first-order valence-corrected chi connectivity index (χ1v) is 10.0. The Morgan fingerprint density at radius 3 is 2.62 bits per heavy atom. The Labute approximate surface area is 160 Å². The Balaban J connectivity index is 0.00000338. The van der Waals surface area contributed by atoms with E-state index in [2.05, 4.69) is 20.7 Å². The number of carbonyl (C=O) groups excluding carboxylic acids is 2. The van der Waals surface area contributed by atoms with Gasteiger partial charge in [-0.2, -0.15) is 0 Å². The molecule has 0 spiro atoms. The molecular weight excluding hydrogens is 380 g/mol. The van der Waals surface area contributed by atoms with Crippen LogP contribution in [0, 0.1) is 5.92 Å². The smallest absolute Gasteiger partial charge is 0.253 e. The van der Waals surface area contributed by atoms with Crippen LogP contribution in [0.4, 0.5) is 11.4 Å². The van der Waals surface area contributed by atoms with E-state index >= 15 is 0 Å². The molecule has 1 aromatic rings. The number of carbonyl (C=O) groups is 2. The minimum atomic E-state index is -3.53. The topological polar surface area (TPSA) is 116 Å². The van der Waals surface area contributed by atoms with Crippen LogP contribution in [0.3, 0.4) is 0 Å². The van der Waals surface area contributed by atoms with Crippen LogP contribution in [0.2, 0.25) is 0 Å². The Hall–Kier alpha value is -1.84. The molecule has 0 aromatic heterocycles. The highest BCUT2D eigenvalue weighted by Gasteiger charge is 2.18. The highest BCUT2D eigenvalue weighted by atomic mass is 35.5. The first-order chi connectivity index (χ1) is 11.7. The molecule has 0 aliphatic carbocycles. The van der Waals surface area contributed by atoms with Gasteiger partial charge in [-0.1, -0.05) is 0 Å². The number of nitrogens with one attached hydrogen (secondary N) is 4. The van der Waals surface area contributed by atoms with Crippen LogP contribution >= 0.6 is 12.4 Å². The van der Waals surface area contributed by atoms with E-state index in [9.17, 15) is 18.0 Å². The average Bonchev–Trinajstić information content (AvgIpc) is 2.53. The third kappa shape index (κ3) is 7.19. The summed E-state index contributed by atoms with van der Waals surface area (Å²) in [6.45, 7) is 3.71. The first kappa shape index (κ1) is 22.2.